The Bertz CT molecular complexity index is 172. The lowest BCUT2D eigenvalue weighted by Crippen LogP contribution is -2.29. The molecule has 0 aromatic carbocycles. The molecule has 1 nitrogen and oxygen atoms in total. The van der Waals surface area contributed by atoms with Crippen LogP contribution in [0.5, 0.6) is 0 Å². The fraction of sp³-hybridized carbons (Fsp3) is 0.875. The molecule has 0 spiro atoms. The van der Waals surface area contributed by atoms with Gasteiger partial charge in [0.15, 0.2) is 5.05 Å². The van der Waals surface area contributed by atoms with Gasteiger partial charge in [-0.05, 0) is 25.1 Å². The first-order valence-electron chi connectivity index (χ1n) is 4.05. The number of hydrogen-bond acceptors (Lipinski definition) is 2. The summed E-state index contributed by atoms with van der Waals surface area (Å²) in [5.41, 5.74) is 0. The topological polar surface area (TPSA) is 9.23 Å². The van der Waals surface area contributed by atoms with Crippen LogP contribution in [0.3, 0.4) is 0 Å². The maximum atomic E-state index is 12.6. The first-order chi connectivity index (χ1) is 5.49. The first kappa shape index (κ1) is 9.84. The lowest BCUT2D eigenvalue weighted by molar-refractivity contribution is -0.0599. The second kappa shape index (κ2) is 3.64. The van der Waals surface area contributed by atoms with Crippen LogP contribution in [-0.4, -0.2) is 17.1 Å². The lowest BCUT2D eigenvalue weighted by atomic mass is 9.94. The minimum atomic E-state index is -2.48. The van der Waals surface area contributed by atoms with Gasteiger partial charge in [-0.15, -0.1) is 0 Å². The standard InChI is InChI=1S/C8H12F2OS/c1-6(12)11-7-2-4-8(9,10)5-3-7/h7H,2-5H2,1H3. The third-order valence-electron chi connectivity index (χ3n) is 2.00. The maximum Gasteiger partial charge on any atom is 0.248 e. The van der Waals surface area contributed by atoms with E-state index >= 15 is 0 Å². The summed E-state index contributed by atoms with van der Waals surface area (Å²) >= 11 is 4.72. The molecule has 0 bridgehead atoms. The Morgan fingerprint density at radius 3 is 2.33 bits per heavy atom. The largest absolute Gasteiger partial charge is 0.484 e. The zero-order chi connectivity index (χ0) is 9.19. The van der Waals surface area contributed by atoms with Crippen molar-refractivity contribution in [3.05, 3.63) is 0 Å². The summed E-state index contributed by atoms with van der Waals surface area (Å²) in [5, 5.41) is 0.449. The molecule has 0 aliphatic heterocycles. The molecule has 1 rings (SSSR count). The SMILES string of the molecule is CC(=S)OC1CCC(F)(F)CC1. The average molecular weight is 194 g/mol. The highest BCUT2D eigenvalue weighted by Crippen LogP contribution is 2.34. The van der Waals surface area contributed by atoms with Gasteiger partial charge in [0.25, 0.3) is 0 Å². The molecule has 1 saturated carbocycles. The minimum absolute atomic E-state index is 0.0692. The maximum absolute atomic E-state index is 12.6. The molecule has 1 fully saturated rings. The van der Waals surface area contributed by atoms with Gasteiger partial charge in [0, 0.05) is 19.8 Å². The number of thiocarbonyl (C=S) groups is 1. The fourth-order valence-electron chi connectivity index (χ4n) is 1.37. The highest BCUT2D eigenvalue weighted by Gasteiger charge is 2.35. The van der Waals surface area contributed by atoms with E-state index in [0.717, 1.165) is 0 Å². The molecule has 0 heterocycles. The van der Waals surface area contributed by atoms with Crippen molar-refractivity contribution in [1.82, 2.24) is 0 Å². The molecular formula is C8H12F2OS. The highest BCUT2D eigenvalue weighted by molar-refractivity contribution is 7.80. The zero-order valence-electron chi connectivity index (χ0n) is 6.98. The Morgan fingerprint density at radius 2 is 1.92 bits per heavy atom. The van der Waals surface area contributed by atoms with Crippen molar-refractivity contribution in [2.45, 2.75) is 44.6 Å². The van der Waals surface area contributed by atoms with Gasteiger partial charge in [-0.2, -0.15) is 0 Å². The summed E-state index contributed by atoms with van der Waals surface area (Å²) in [5.74, 6) is -2.48. The van der Waals surface area contributed by atoms with Crippen molar-refractivity contribution in [3.8, 4) is 0 Å². The first-order valence-corrected chi connectivity index (χ1v) is 4.45. The van der Waals surface area contributed by atoms with Crippen LogP contribution >= 0.6 is 12.2 Å². The minimum Gasteiger partial charge on any atom is -0.484 e. The monoisotopic (exact) mass is 194 g/mol. The van der Waals surface area contributed by atoms with Crippen LogP contribution in [0.25, 0.3) is 0 Å². The van der Waals surface area contributed by atoms with Crippen molar-refractivity contribution < 1.29 is 13.5 Å². The predicted molar refractivity (Wildman–Crippen MR) is 46.6 cm³/mol. The van der Waals surface area contributed by atoms with Gasteiger partial charge in [0.05, 0.1) is 6.10 Å². The molecule has 0 aromatic rings. The summed E-state index contributed by atoms with van der Waals surface area (Å²) in [6, 6.07) is 0. The van der Waals surface area contributed by atoms with Crippen LogP contribution < -0.4 is 0 Å². The van der Waals surface area contributed by atoms with Gasteiger partial charge in [-0.3, -0.25) is 0 Å². The van der Waals surface area contributed by atoms with E-state index in [-0.39, 0.29) is 18.9 Å². The number of hydrogen-bond donors (Lipinski definition) is 0. The summed E-state index contributed by atoms with van der Waals surface area (Å²) in [4.78, 5) is 0. The number of ether oxygens (including phenoxy) is 1. The van der Waals surface area contributed by atoms with Crippen LogP contribution in [0.1, 0.15) is 32.6 Å². The smallest absolute Gasteiger partial charge is 0.248 e. The predicted octanol–water partition coefficient (Wildman–Crippen LogP) is 2.93. The molecule has 0 amide bonds. The van der Waals surface area contributed by atoms with Crippen LogP contribution in [0, 0.1) is 0 Å². The molecule has 1 aliphatic carbocycles. The van der Waals surface area contributed by atoms with E-state index in [2.05, 4.69) is 0 Å². The van der Waals surface area contributed by atoms with Crippen LogP contribution in [0.4, 0.5) is 8.78 Å². The van der Waals surface area contributed by atoms with Crippen molar-refractivity contribution in [3.63, 3.8) is 0 Å². The van der Waals surface area contributed by atoms with Gasteiger partial charge < -0.3 is 4.74 Å². The van der Waals surface area contributed by atoms with Gasteiger partial charge in [-0.25, -0.2) is 8.78 Å². The van der Waals surface area contributed by atoms with Crippen molar-refractivity contribution in [1.29, 1.82) is 0 Å². The van der Waals surface area contributed by atoms with E-state index < -0.39 is 5.92 Å². The number of alkyl halides is 2. The molecule has 12 heavy (non-hydrogen) atoms. The zero-order valence-corrected chi connectivity index (χ0v) is 7.79. The van der Waals surface area contributed by atoms with E-state index in [0.29, 0.717) is 17.9 Å². The van der Waals surface area contributed by atoms with E-state index in [1.165, 1.54) is 0 Å². The third-order valence-corrected chi connectivity index (χ3v) is 2.09. The summed E-state index contributed by atoms with van der Waals surface area (Å²) < 4.78 is 30.4. The Kier molecular flexibility index (Phi) is 2.99. The molecular weight excluding hydrogens is 182 g/mol. The van der Waals surface area contributed by atoms with E-state index in [9.17, 15) is 8.78 Å². The van der Waals surface area contributed by atoms with Gasteiger partial charge in [0.1, 0.15) is 0 Å². The van der Waals surface area contributed by atoms with Crippen LogP contribution in [-0.2, 0) is 4.74 Å². The summed E-state index contributed by atoms with van der Waals surface area (Å²) in [6.07, 6.45) is 0.616. The van der Waals surface area contributed by atoms with Crippen LogP contribution in [0.2, 0.25) is 0 Å². The van der Waals surface area contributed by atoms with E-state index in [1.54, 1.807) is 6.92 Å². The Balaban J connectivity index is 2.31. The van der Waals surface area contributed by atoms with E-state index in [1.807, 2.05) is 0 Å². The number of halogens is 2. The second-order valence-electron chi connectivity index (χ2n) is 3.16. The van der Waals surface area contributed by atoms with Gasteiger partial charge >= 0.3 is 0 Å². The van der Waals surface area contributed by atoms with Gasteiger partial charge in [0.2, 0.25) is 5.92 Å². The molecule has 0 radical (unpaired) electrons. The van der Waals surface area contributed by atoms with Gasteiger partial charge in [-0.1, -0.05) is 0 Å². The Morgan fingerprint density at radius 1 is 1.42 bits per heavy atom. The molecule has 0 unspecified atom stereocenters. The Labute approximate surface area is 76.1 Å². The second-order valence-corrected chi connectivity index (χ2v) is 3.74. The fourth-order valence-corrected chi connectivity index (χ4v) is 1.50. The van der Waals surface area contributed by atoms with Crippen molar-refractivity contribution in [2.75, 3.05) is 0 Å². The number of rotatable bonds is 1. The quantitative estimate of drug-likeness (QED) is 0.593. The normalized spacial score (nSPS) is 23.6. The van der Waals surface area contributed by atoms with Crippen molar-refractivity contribution in [2.24, 2.45) is 0 Å². The molecule has 1 aliphatic rings. The Hall–Kier alpha value is -0.250. The van der Waals surface area contributed by atoms with E-state index in [4.69, 9.17) is 17.0 Å². The summed E-state index contributed by atoms with van der Waals surface area (Å²) in [7, 11) is 0. The highest BCUT2D eigenvalue weighted by atomic mass is 32.1. The molecule has 70 valence electrons. The molecule has 4 heteroatoms. The average Bonchev–Trinajstić information content (AvgIpc) is 1.93. The molecule has 0 saturated heterocycles. The van der Waals surface area contributed by atoms with Crippen LogP contribution in [0.15, 0.2) is 0 Å². The molecule has 0 N–H and O–H groups in total. The van der Waals surface area contributed by atoms with Crippen molar-refractivity contribution >= 4 is 17.3 Å². The molecule has 0 aromatic heterocycles. The third kappa shape index (κ3) is 3.01. The lowest BCUT2D eigenvalue weighted by Gasteiger charge is -2.28. The molecule has 0 atom stereocenters. The summed E-state index contributed by atoms with van der Waals surface area (Å²) in [6.45, 7) is 1.67.